The van der Waals surface area contributed by atoms with Crippen molar-refractivity contribution in [2.75, 3.05) is 6.61 Å². The smallest absolute Gasteiger partial charge is 0.0713 e. The van der Waals surface area contributed by atoms with Crippen LogP contribution < -0.4 is 5.73 Å². The highest BCUT2D eigenvalue weighted by atomic mass is 16.3. The van der Waals surface area contributed by atoms with Crippen molar-refractivity contribution in [1.82, 2.24) is 0 Å². The summed E-state index contributed by atoms with van der Waals surface area (Å²) in [5.41, 5.74) is 5.56. The minimum absolute atomic E-state index is 0.139. The predicted octanol–water partition coefficient (Wildman–Crippen LogP) is 4.70. The largest absolute Gasteiger partial charge is 0.395 e. The van der Waals surface area contributed by atoms with Crippen LogP contribution in [0, 0.1) is 0 Å². The van der Waals surface area contributed by atoms with Crippen LogP contribution in [0.5, 0.6) is 0 Å². The second-order valence-corrected chi connectivity index (χ2v) is 6.79. The zero-order valence-electron chi connectivity index (χ0n) is 15.4. The topological polar surface area (TPSA) is 66.5 Å². The zero-order valence-corrected chi connectivity index (χ0v) is 15.4. The molecule has 0 saturated heterocycles. The quantitative estimate of drug-likeness (QED) is 0.268. The molecule has 0 fully saturated rings. The van der Waals surface area contributed by atoms with Crippen molar-refractivity contribution in [2.24, 2.45) is 5.73 Å². The van der Waals surface area contributed by atoms with Gasteiger partial charge in [0.05, 0.1) is 18.8 Å². The summed E-state index contributed by atoms with van der Waals surface area (Å²) in [6.07, 6.45) is 21.5. The van der Waals surface area contributed by atoms with Gasteiger partial charge in [-0.1, -0.05) is 76.9 Å². The van der Waals surface area contributed by atoms with Gasteiger partial charge in [0.25, 0.3) is 0 Å². The second kappa shape index (κ2) is 18.0. The minimum Gasteiger partial charge on any atom is -0.395 e. The summed E-state index contributed by atoms with van der Waals surface area (Å²) in [5, 5.41) is 18.5. The highest BCUT2D eigenvalue weighted by Crippen LogP contribution is 2.11. The number of rotatable bonds is 17. The maximum atomic E-state index is 9.62. The number of hydrogen-bond donors (Lipinski definition) is 3. The van der Waals surface area contributed by atoms with E-state index < -0.39 is 12.1 Å². The van der Waals surface area contributed by atoms with Gasteiger partial charge in [-0.05, 0) is 32.1 Å². The Morgan fingerprint density at radius 3 is 1.78 bits per heavy atom. The number of allylic oxidation sites excluding steroid dienone is 2. The average molecular weight is 328 g/mol. The van der Waals surface area contributed by atoms with Crippen molar-refractivity contribution >= 4 is 0 Å². The normalized spacial score (nSPS) is 14.4. The van der Waals surface area contributed by atoms with E-state index in [2.05, 4.69) is 19.1 Å². The van der Waals surface area contributed by atoms with E-state index >= 15 is 0 Å². The van der Waals surface area contributed by atoms with Gasteiger partial charge in [-0.25, -0.2) is 0 Å². The monoisotopic (exact) mass is 327 g/mol. The molecule has 0 saturated carbocycles. The number of aliphatic hydroxyl groups excluding tert-OH is 2. The highest BCUT2D eigenvalue weighted by Gasteiger charge is 2.12. The van der Waals surface area contributed by atoms with Crippen LogP contribution in [-0.2, 0) is 0 Å². The van der Waals surface area contributed by atoms with Crippen LogP contribution in [0.1, 0.15) is 96.8 Å². The molecule has 4 N–H and O–H groups in total. The molecule has 0 aromatic heterocycles. The molecule has 3 heteroatoms. The standard InChI is InChI=1S/C20H41NO2/c1-2-3-4-5-6-7-8-9-10-11-12-13-14-15-16-17-20(23)19(21)18-22/h12-13,19-20,22-23H,2-11,14-18,21H2,1H3/b13-12+/t19-,20+/m0/s1. The van der Waals surface area contributed by atoms with Gasteiger partial charge in [-0.15, -0.1) is 0 Å². The SMILES string of the molecule is CCCCCCCCCCC/C=C/CCCC[C@@H](O)[C@@H](N)CO. The first-order valence-electron chi connectivity index (χ1n) is 9.91. The Balaban J connectivity index is 3.20. The minimum atomic E-state index is -0.564. The fraction of sp³-hybridized carbons (Fsp3) is 0.900. The van der Waals surface area contributed by atoms with Crippen molar-refractivity contribution in [3.05, 3.63) is 12.2 Å². The van der Waals surface area contributed by atoms with Gasteiger partial charge in [-0.3, -0.25) is 0 Å². The van der Waals surface area contributed by atoms with Gasteiger partial charge in [0.1, 0.15) is 0 Å². The van der Waals surface area contributed by atoms with E-state index in [0.717, 1.165) is 19.3 Å². The van der Waals surface area contributed by atoms with Crippen LogP contribution in [0.15, 0.2) is 12.2 Å². The first-order valence-corrected chi connectivity index (χ1v) is 9.91. The molecular weight excluding hydrogens is 286 g/mol. The Morgan fingerprint density at radius 1 is 0.783 bits per heavy atom. The maximum Gasteiger partial charge on any atom is 0.0713 e. The number of aliphatic hydroxyl groups is 2. The second-order valence-electron chi connectivity index (χ2n) is 6.79. The van der Waals surface area contributed by atoms with Gasteiger partial charge in [0.15, 0.2) is 0 Å². The Kier molecular flexibility index (Phi) is 17.7. The number of hydrogen-bond acceptors (Lipinski definition) is 3. The van der Waals surface area contributed by atoms with Crippen LogP contribution in [0.3, 0.4) is 0 Å². The lowest BCUT2D eigenvalue weighted by Gasteiger charge is -2.15. The molecule has 0 radical (unpaired) electrons. The molecule has 0 bridgehead atoms. The average Bonchev–Trinajstić information content (AvgIpc) is 2.57. The number of unbranched alkanes of at least 4 members (excludes halogenated alkanes) is 11. The fourth-order valence-corrected chi connectivity index (χ4v) is 2.76. The van der Waals surface area contributed by atoms with E-state index in [9.17, 15) is 5.11 Å². The van der Waals surface area contributed by atoms with Crippen LogP contribution in [-0.4, -0.2) is 29.0 Å². The van der Waals surface area contributed by atoms with E-state index in [-0.39, 0.29) is 6.61 Å². The summed E-state index contributed by atoms with van der Waals surface area (Å²) in [4.78, 5) is 0. The van der Waals surface area contributed by atoms with Crippen LogP contribution in [0.25, 0.3) is 0 Å². The molecule has 0 aliphatic carbocycles. The van der Waals surface area contributed by atoms with E-state index in [0.29, 0.717) is 6.42 Å². The van der Waals surface area contributed by atoms with Crippen molar-refractivity contribution in [3.8, 4) is 0 Å². The Morgan fingerprint density at radius 2 is 1.26 bits per heavy atom. The molecule has 2 atom stereocenters. The van der Waals surface area contributed by atoms with Crippen LogP contribution in [0.2, 0.25) is 0 Å². The van der Waals surface area contributed by atoms with Gasteiger partial charge >= 0.3 is 0 Å². The summed E-state index contributed by atoms with van der Waals surface area (Å²) < 4.78 is 0. The third kappa shape index (κ3) is 16.3. The van der Waals surface area contributed by atoms with Gasteiger partial charge < -0.3 is 15.9 Å². The van der Waals surface area contributed by atoms with Crippen molar-refractivity contribution in [3.63, 3.8) is 0 Å². The third-order valence-electron chi connectivity index (χ3n) is 4.47. The van der Waals surface area contributed by atoms with Gasteiger partial charge in [0, 0.05) is 0 Å². The molecule has 23 heavy (non-hydrogen) atoms. The lowest BCUT2D eigenvalue weighted by molar-refractivity contribution is 0.0993. The van der Waals surface area contributed by atoms with Crippen molar-refractivity contribution in [1.29, 1.82) is 0 Å². The molecule has 0 heterocycles. The zero-order chi connectivity index (χ0) is 17.2. The lowest BCUT2D eigenvalue weighted by Crippen LogP contribution is -2.37. The molecule has 0 unspecified atom stereocenters. The van der Waals surface area contributed by atoms with E-state index in [1.54, 1.807) is 0 Å². The maximum absolute atomic E-state index is 9.62. The van der Waals surface area contributed by atoms with Crippen molar-refractivity contribution in [2.45, 2.75) is 109 Å². The molecule has 0 spiro atoms. The van der Waals surface area contributed by atoms with E-state index in [1.165, 1.54) is 64.2 Å². The molecule has 3 nitrogen and oxygen atoms in total. The van der Waals surface area contributed by atoms with Gasteiger partial charge in [-0.2, -0.15) is 0 Å². The van der Waals surface area contributed by atoms with Crippen LogP contribution >= 0.6 is 0 Å². The molecule has 0 aromatic rings. The van der Waals surface area contributed by atoms with E-state index in [4.69, 9.17) is 10.8 Å². The molecule has 0 aliphatic rings. The fourth-order valence-electron chi connectivity index (χ4n) is 2.76. The molecule has 0 aliphatic heterocycles. The first-order chi connectivity index (χ1) is 11.2. The summed E-state index contributed by atoms with van der Waals surface area (Å²) in [6.45, 7) is 2.13. The van der Waals surface area contributed by atoms with Crippen molar-refractivity contribution < 1.29 is 10.2 Å². The first kappa shape index (κ1) is 22.6. The number of nitrogens with two attached hydrogens (primary N) is 1. The predicted molar refractivity (Wildman–Crippen MR) is 101 cm³/mol. The Bertz CT molecular complexity index is 256. The summed E-state index contributed by atoms with van der Waals surface area (Å²) in [7, 11) is 0. The van der Waals surface area contributed by atoms with Crippen LogP contribution in [0.4, 0.5) is 0 Å². The molecule has 138 valence electrons. The molecule has 0 rings (SSSR count). The Hall–Kier alpha value is -0.380. The van der Waals surface area contributed by atoms with E-state index in [1.807, 2.05) is 0 Å². The third-order valence-corrected chi connectivity index (χ3v) is 4.47. The highest BCUT2D eigenvalue weighted by molar-refractivity contribution is 4.81. The molecule has 0 aromatic carbocycles. The molecular formula is C20H41NO2. The Labute approximate surface area is 144 Å². The molecule has 0 amide bonds. The lowest BCUT2D eigenvalue weighted by atomic mass is 10.0. The summed E-state index contributed by atoms with van der Waals surface area (Å²) in [6, 6.07) is -0.489. The summed E-state index contributed by atoms with van der Waals surface area (Å²) in [5.74, 6) is 0. The summed E-state index contributed by atoms with van der Waals surface area (Å²) >= 11 is 0. The van der Waals surface area contributed by atoms with Gasteiger partial charge in [0.2, 0.25) is 0 Å².